The van der Waals surface area contributed by atoms with E-state index in [0.29, 0.717) is 24.1 Å². The predicted molar refractivity (Wildman–Crippen MR) is 96.9 cm³/mol. The van der Waals surface area contributed by atoms with E-state index in [1.54, 1.807) is 24.3 Å². The number of benzene rings is 2. The molecule has 24 heavy (non-hydrogen) atoms. The third-order valence-corrected chi connectivity index (χ3v) is 3.52. The molecule has 0 bridgehead atoms. The van der Waals surface area contributed by atoms with Crippen LogP contribution in [0.2, 0.25) is 0 Å². The fourth-order valence-electron chi connectivity index (χ4n) is 2.13. The van der Waals surface area contributed by atoms with Crippen molar-refractivity contribution in [3.05, 3.63) is 65.7 Å². The summed E-state index contributed by atoms with van der Waals surface area (Å²) in [6.45, 7) is 0. The van der Waals surface area contributed by atoms with Crippen LogP contribution in [-0.2, 0) is 16.0 Å². The molecule has 6 heteroatoms. The molecule has 0 fully saturated rings. The van der Waals surface area contributed by atoms with Crippen molar-refractivity contribution < 1.29 is 14.3 Å². The highest BCUT2D eigenvalue weighted by atomic mass is 32.1. The van der Waals surface area contributed by atoms with Crippen LogP contribution < -0.4 is 10.6 Å². The molecule has 2 N–H and O–H groups in total. The van der Waals surface area contributed by atoms with E-state index in [0.717, 1.165) is 5.56 Å². The number of esters is 1. The number of amides is 1. The van der Waals surface area contributed by atoms with Crippen LogP contribution in [0.4, 0.5) is 5.69 Å². The third kappa shape index (κ3) is 5.17. The molecule has 2 aromatic carbocycles. The molecule has 5 nitrogen and oxygen atoms in total. The Hall–Kier alpha value is -2.73. The fourth-order valence-corrected chi connectivity index (χ4v) is 2.35. The quantitative estimate of drug-likeness (QED) is 0.646. The van der Waals surface area contributed by atoms with Crippen LogP contribution in [0.15, 0.2) is 54.6 Å². The van der Waals surface area contributed by atoms with E-state index < -0.39 is 5.97 Å². The lowest BCUT2D eigenvalue weighted by Crippen LogP contribution is -2.34. The Balaban J connectivity index is 1.89. The Morgan fingerprint density at radius 2 is 1.71 bits per heavy atom. The number of hydrogen-bond acceptors (Lipinski definition) is 4. The molecule has 0 aliphatic rings. The first-order chi connectivity index (χ1) is 11.6. The molecule has 0 saturated heterocycles. The van der Waals surface area contributed by atoms with Crippen molar-refractivity contribution in [1.29, 1.82) is 0 Å². The molecule has 0 heterocycles. The number of nitrogens with one attached hydrogen (secondary N) is 2. The summed E-state index contributed by atoms with van der Waals surface area (Å²) in [6.07, 6.45) is 0.957. The third-order valence-electron chi connectivity index (χ3n) is 3.32. The van der Waals surface area contributed by atoms with Crippen LogP contribution in [0.5, 0.6) is 0 Å². The van der Waals surface area contributed by atoms with Crippen molar-refractivity contribution in [2.75, 3.05) is 12.4 Å². The summed E-state index contributed by atoms with van der Waals surface area (Å²) in [5.41, 5.74) is 1.92. The Morgan fingerprint density at radius 1 is 1.04 bits per heavy atom. The number of anilines is 1. The number of rotatable bonds is 5. The second-order valence-corrected chi connectivity index (χ2v) is 5.43. The zero-order chi connectivity index (χ0) is 17.4. The number of hydrogen-bond donors (Lipinski definition) is 2. The zero-order valence-corrected chi connectivity index (χ0v) is 14.1. The predicted octanol–water partition coefficient (Wildman–Crippen LogP) is 2.92. The van der Waals surface area contributed by atoms with E-state index in [9.17, 15) is 9.59 Å². The van der Waals surface area contributed by atoms with Gasteiger partial charge in [0, 0.05) is 6.42 Å². The van der Waals surface area contributed by atoms with Crippen molar-refractivity contribution >= 4 is 34.9 Å². The lowest BCUT2D eigenvalue weighted by molar-refractivity contribution is -0.119. The molecule has 124 valence electrons. The average molecular weight is 342 g/mol. The molecular formula is C18H18N2O3S. The Labute approximate surface area is 146 Å². The van der Waals surface area contributed by atoms with Gasteiger partial charge in [-0.15, -0.1) is 0 Å². The van der Waals surface area contributed by atoms with Crippen molar-refractivity contribution in [2.45, 2.75) is 12.8 Å². The first kappa shape index (κ1) is 17.6. The van der Waals surface area contributed by atoms with Gasteiger partial charge < -0.3 is 15.4 Å². The van der Waals surface area contributed by atoms with Gasteiger partial charge in [-0.25, -0.2) is 4.79 Å². The van der Waals surface area contributed by atoms with Gasteiger partial charge in [0.05, 0.1) is 18.4 Å². The lowest BCUT2D eigenvalue weighted by atomic mass is 10.1. The lowest BCUT2D eigenvalue weighted by Gasteiger charge is -2.12. The molecule has 0 atom stereocenters. The van der Waals surface area contributed by atoms with Crippen LogP contribution in [0.3, 0.4) is 0 Å². The zero-order valence-electron chi connectivity index (χ0n) is 13.2. The number of para-hydroxylation sites is 1. The number of ether oxygens (including phenoxy) is 1. The molecule has 2 rings (SSSR count). The average Bonchev–Trinajstić information content (AvgIpc) is 2.60. The van der Waals surface area contributed by atoms with Crippen molar-refractivity contribution in [2.24, 2.45) is 0 Å². The molecular weight excluding hydrogens is 324 g/mol. The van der Waals surface area contributed by atoms with Crippen LogP contribution in [0.25, 0.3) is 0 Å². The summed E-state index contributed by atoms with van der Waals surface area (Å²) in [5, 5.41) is 5.61. The normalized spacial score (nSPS) is 9.88. The van der Waals surface area contributed by atoms with Gasteiger partial charge in [0.15, 0.2) is 5.11 Å². The maximum absolute atomic E-state index is 12.0. The maximum Gasteiger partial charge on any atom is 0.339 e. The maximum atomic E-state index is 12.0. The second-order valence-electron chi connectivity index (χ2n) is 5.03. The van der Waals surface area contributed by atoms with Crippen LogP contribution >= 0.6 is 12.2 Å². The number of carbonyl (C=O) groups excluding carboxylic acids is 2. The summed E-state index contributed by atoms with van der Waals surface area (Å²) in [5.74, 6) is -0.664. The standard InChI is InChI=1S/C18H18N2O3S/c1-23-17(22)14-9-5-6-10-15(14)19-18(24)20-16(21)12-11-13-7-3-2-4-8-13/h2-10H,11-12H2,1H3,(H2,19,20,21,24). The molecule has 0 aromatic heterocycles. The highest BCUT2D eigenvalue weighted by Gasteiger charge is 2.12. The minimum Gasteiger partial charge on any atom is -0.465 e. The van der Waals surface area contributed by atoms with Crippen molar-refractivity contribution in [3.63, 3.8) is 0 Å². The van der Waals surface area contributed by atoms with Gasteiger partial charge >= 0.3 is 5.97 Å². The first-order valence-electron chi connectivity index (χ1n) is 7.42. The smallest absolute Gasteiger partial charge is 0.339 e. The SMILES string of the molecule is COC(=O)c1ccccc1NC(=S)NC(=O)CCc1ccccc1. The van der Waals surface area contributed by atoms with E-state index in [-0.39, 0.29) is 11.0 Å². The minimum atomic E-state index is -0.476. The van der Waals surface area contributed by atoms with Gasteiger partial charge in [0.1, 0.15) is 0 Å². The highest BCUT2D eigenvalue weighted by molar-refractivity contribution is 7.80. The van der Waals surface area contributed by atoms with E-state index in [4.69, 9.17) is 17.0 Å². The summed E-state index contributed by atoms with van der Waals surface area (Å²) < 4.78 is 4.72. The van der Waals surface area contributed by atoms with Crippen LogP contribution in [0.1, 0.15) is 22.3 Å². The first-order valence-corrected chi connectivity index (χ1v) is 7.83. The molecule has 0 radical (unpaired) electrons. The summed E-state index contributed by atoms with van der Waals surface area (Å²) in [7, 11) is 1.31. The van der Waals surface area contributed by atoms with E-state index in [1.807, 2.05) is 30.3 Å². The van der Waals surface area contributed by atoms with Gasteiger partial charge in [-0.1, -0.05) is 42.5 Å². The summed E-state index contributed by atoms with van der Waals surface area (Å²) in [6, 6.07) is 16.5. The van der Waals surface area contributed by atoms with E-state index in [2.05, 4.69) is 10.6 Å². The topological polar surface area (TPSA) is 67.4 Å². The molecule has 0 saturated carbocycles. The van der Waals surface area contributed by atoms with Crippen LogP contribution in [0, 0.1) is 0 Å². The molecule has 0 aliphatic carbocycles. The summed E-state index contributed by atoms with van der Waals surface area (Å²) >= 11 is 5.13. The molecule has 1 amide bonds. The molecule has 2 aromatic rings. The highest BCUT2D eigenvalue weighted by Crippen LogP contribution is 2.15. The second kappa shape index (κ2) is 8.79. The Morgan fingerprint density at radius 3 is 2.42 bits per heavy atom. The molecule has 0 unspecified atom stereocenters. The van der Waals surface area contributed by atoms with Crippen LogP contribution in [-0.4, -0.2) is 24.1 Å². The monoisotopic (exact) mass is 342 g/mol. The fraction of sp³-hybridized carbons (Fsp3) is 0.167. The van der Waals surface area contributed by atoms with Gasteiger partial charge in [0.2, 0.25) is 5.91 Å². The van der Waals surface area contributed by atoms with Crippen molar-refractivity contribution in [1.82, 2.24) is 5.32 Å². The molecule has 0 aliphatic heterocycles. The number of methoxy groups -OCH3 is 1. The van der Waals surface area contributed by atoms with Gasteiger partial charge in [-0.3, -0.25) is 4.79 Å². The Kier molecular flexibility index (Phi) is 6.45. The molecule has 0 spiro atoms. The summed E-state index contributed by atoms with van der Waals surface area (Å²) in [4.78, 5) is 23.7. The number of carbonyl (C=O) groups is 2. The Bertz CT molecular complexity index is 732. The van der Waals surface area contributed by atoms with Gasteiger partial charge in [-0.05, 0) is 36.3 Å². The minimum absolute atomic E-state index is 0.143. The van der Waals surface area contributed by atoms with E-state index in [1.165, 1.54) is 7.11 Å². The number of aryl methyl sites for hydroxylation is 1. The van der Waals surface area contributed by atoms with Crippen molar-refractivity contribution in [3.8, 4) is 0 Å². The number of thiocarbonyl (C=S) groups is 1. The van der Waals surface area contributed by atoms with Gasteiger partial charge in [-0.2, -0.15) is 0 Å². The largest absolute Gasteiger partial charge is 0.465 e. The van der Waals surface area contributed by atoms with Gasteiger partial charge in [0.25, 0.3) is 0 Å². The van der Waals surface area contributed by atoms with E-state index >= 15 is 0 Å².